The maximum Gasteiger partial charge on any atom is 0.294 e. The third kappa shape index (κ3) is 3.50. The summed E-state index contributed by atoms with van der Waals surface area (Å²) in [7, 11) is 0. The standard InChI is InChI=1S/C20H21NO2/c1-15-7-9-18(10-8-15)19(22)20(23)21-13-11-17(12-14-21)16-5-3-2-4-6-16/h2-10,17H,11-14H2,1H3. The third-order valence-electron chi connectivity index (χ3n) is 4.56. The Morgan fingerprint density at radius 3 is 2.13 bits per heavy atom. The number of likely N-dealkylation sites (tertiary alicyclic amines) is 1. The summed E-state index contributed by atoms with van der Waals surface area (Å²) in [5.41, 5.74) is 2.88. The number of Topliss-reactive ketones (excluding diaryl/α,β-unsaturated/α-hetero) is 1. The van der Waals surface area contributed by atoms with Gasteiger partial charge in [0, 0.05) is 18.7 Å². The molecule has 0 saturated carbocycles. The van der Waals surface area contributed by atoms with E-state index in [2.05, 4.69) is 12.1 Å². The van der Waals surface area contributed by atoms with Gasteiger partial charge < -0.3 is 4.90 Å². The smallest absolute Gasteiger partial charge is 0.294 e. The predicted octanol–water partition coefficient (Wildman–Crippen LogP) is 3.58. The maximum absolute atomic E-state index is 12.4. The molecule has 2 aromatic carbocycles. The van der Waals surface area contributed by atoms with Crippen LogP contribution in [0, 0.1) is 6.92 Å². The zero-order valence-corrected chi connectivity index (χ0v) is 13.4. The number of carbonyl (C=O) groups is 2. The normalized spacial score (nSPS) is 15.4. The van der Waals surface area contributed by atoms with Gasteiger partial charge in [0.1, 0.15) is 0 Å². The molecule has 0 radical (unpaired) electrons. The molecule has 2 aromatic rings. The molecule has 3 rings (SSSR count). The number of benzene rings is 2. The number of nitrogens with zero attached hydrogens (tertiary/aromatic N) is 1. The second kappa shape index (κ2) is 6.78. The quantitative estimate of drug-likeness (QED) is 0.642. The summed E-state index contributed by atoms with van der Waals surface area (Å²) in [6.45, 7) is 3.26. The van der Waals surface area contributed by atoms with E-state index in [1.54, 1.807) is 17.0 Å². The summed E-state index contributed by atoms with van der Waals surface area (Å²) >= 11 is 0. The first-order valence-electron chi connectivity index (χ1n) is 8.10. The molecule has 0 aromatic heterocycles. The lowest BCUT2D eigenvalue weighted by molar-refractivity contribution is -0.127. The minimum Gasteiger partial charge on any atom is -0.336 e. The summed E-state index contributed by atoms with van der Waals surface area (Å²) in [6.07, 6.45) is 1.83. The molecular weight excluding hydrogens is 286 g/mol. The van der Waals surface area contributed by atoms with Crippen LogP contribution in [0.2, 0.25) is 0 Å². The number of piperidine rings is 1. The average molecular weight is 307 g/mol. The molecule has 0 spiro atoms. The van der Waals surface area contributed by atoms with Crippen molar-refractivity contribution >= 4 is 11.7 Å². The third-order valence-corrected chi connectivity index (χ3v) is 4.56. The highest BCUT2D eigenvalue weighted by atomic mass is 16.2. The number of aryl methyl sites for hydroxylation is 1. The van der Waals surface area contributed by atoms with Crippen molar-refractivity contribution in [2.24, 2.45) is 0 Å². The van der Waals surface area contributed by atoms with E-state index < -0.39 is 5.78 Å². The van der Waals surface area contributed by atoms with E-state index in [1.807, 2.05) is 37.3 Å². The van der Waals surface area contributed by atoms with E-state index in [9.17, 15) is 9.59 Å². The second-order valence-electron chi connectivity index (χ2n) is 6.17. The molecule has 0 bridgehead atoms. The molecule has 0 N–H and O–H groups in total. The first-order valence-corrected chi connectivity index (χ1v) is 8.10. The van der Waals surface area contributed by atoms with Gasteiger partial charge in [0.05, 0.1) is 0 Å². The van der Waals surface area contributed by atoms with Gasteiger partial charge in [-0.3, -0.25) is 9.59 Å². The maximum atomic E-state index is 12.4. The van der Waals surface area contributed by atoms with Gasteiger partial charge in [-0.2, -0.15) is 0 Å². The fourth-order valence-corrected chi connectivity index (χ4v) is 3.11. The Bertz CT molecular complexity index is 683. The van der Waals surface area contributed by atoms with Crippen LogP contribution in [0.3, 0.4) is 0 Å². The monoisotopic (exact) mass is 307 g/mol. The van der Waals surface area contributed by atoms with Gasteiger partial charge >= 0.3 is 0 Å². The van der Waals surface area contributed by atoms with Crippen LogP contribution in [0.4, 0.5) is 0 Å². The summed E-state index contributed by atoms with van der Waals surface area (Å²) in [5, 5.41) is 0. The van der Waals surface area contributed by atoms with Crippen LogP contribution in [0.1, 0.15) is 40.2 Å². The number of ketones is 1. The molecular formula is C20H21NO2. The Labute approximate surface area is 136 Å². The molecule has 1 amide bonds. The SMILES string of the molecule is Cc1ccc(C(=O)C(=O)N2CCC(c3ccccc3)CC2)cc1. The lowest BCUT2D eigenvalue weighted by Gasteiger charge is -2.31. The van der Waals surface area contributed by atoms with Gasteiger partial charge in [0.25, 0.3) is 5.91 Å². The van der Waals surface area contributed by atoms with Crippen LogP contribution in [0.5, 0.6) is 0 Å². The van der Waals surface area contributed by atoms with Crippen molar-refractivity contribution < 1.29 is 9.59 Å². The average Bonchev–Trinajstić information content (AvgIpc) is 2.62. The minimum absolute atomic E-state index is 0.375. The Balaban J connectivity index is 1.62. The van der Waals surface area contributed by atoms with Crippen LogP contribution in [-0.2, 0) is 4.79 Å². The summed E-state index contributed by atoms with van der Waals surface area (Å²) in [5.74, 6) is -0.293. The van der Waals surface area contributed by atoms with Gasteiger partial charge in [-0.05, 0) is 31.2 Å². The summed E-state index contributed by atoms with van der Waals surface area (Å²) in [4.78, 5) is 26.4. The van der Waals surface area contributed by atoms with Gasteiger partial charge in [0.15, 0.2) is 0 Å². The highest BCUT2D eigenvalue weighted by Crippen LogP contribution is 2.28. The zero-order valence-electron chi connectivity index (χ0n) is 13.4. The van der Waals surface area contributed by atoms with Crippen molar-refractivity contribution in [1.29, 1.82) is 0 Å². The molecule has 0 atom stereocenters. The molecule has 3 heteroatoms. The van der Waals surface area contributed by atoms with Crippen molar-refractivity contribution in [1.82, 2.24) is 4.90 Å². The Kier molecular flexibility index (Phi) is 4.56. The number of amides is 1. The number of hydrogen-bond acceptors (Lipinski definition) is 2. The molecule has 1 aliphatic heterocycles. The Morgan fingerprint density at radius 2 is 1.52 bits per heavy atom. The first kappa shape index (κ1) is 15.5. The Hall–Kier alpha value is -2.42. The van der Waals surface area contributed by atoms with Crippen molar-refractivity contribution in [3.05, 3.63) is 71.3 Å². The molecule has 1 fully saturated rings. The summed E-state index contributed by atoms with van der Waals surface area (Å²) < 4.78 is 0. The van der Waals surface area contributed by atoms with Crippen LogP contribution in [-0.4, -0.2) is 29.7 Å². The highest BCUT2D eigenvalue weighted by molar-refractivity contribution is 6.42. The van der Waals surface area contributed by atoms with E-state index in [0.29, 0.717) is 24.6 Å². The lowest BCUT2D eigenvalue weighted by atomic mass is 9.89. The van der Waals surface area contributed by atoms with Gasteiger partial charge in [-0.15, -0.1) is 0 Å². The van der Waals surface area contributed by atoms with Crippen LogP contribution in [0.25, 0.3) is 0 Å². The first-order chi connectivity index (χ1) is 11.1. The Morgan fingerprint density at radius 1 is 0.913 bits per heavy atom. The molecule has 1 heterocycles. The van der Waals surface area contributed by atoms with Crippen molar-refractivity contribution in [3.8, 4) is 0 Å². The summed E-state index contributed by atoms with van der Waals surface area (Å²) in [6, 6.07) is 17.6. The number of hydrogen-bond donors (Lipinski definition) is 0. The molecule has 1 aliphatic rings. The van der Waals surface area contributed by atoms with Gasteiger partial charge in [0.2, 0.25) is 5.78 Å². The van der Waals surface area contributed by atoms with Crippen LogP contribution < -0.4 is 0 Å². The van der Waals surface area contributed by atoms with E-state index in [1.165, 1.54) is 5.56 Å². The highest BCUT2D eigenvalue weighted by Gasteiger charge is 2.28. The topological polar surface area (TPSA) is 37.4 Å². The minimum atomic E-state index is -0.400. The van der Waals surface area contributed by atoms with E-state index in [4.69, 9.17) is 0 Å². The molecule has 3 nitrogen and oxygen atoms in total. The second-order valence-corrected chi connectivity index (χ2v) is 6.17. The van der Waals surface area contributed by atoms with Crippen LogP contribution >= 0.6 is 0 Å². The van der Waals surface area contributed by atoms with E-state index in [-0.39, 0.29) is 5.91 Å². The number of rotatable bonds is 3. The predicted molar refractivity (Wildman–Crippen MR) is 90.5 cm³/mol. The van der Waals surface area contributed by atoms with Crippen molar-refractivity contribution in [3.63, 3.8) is 0 Å². The van der Waals surface area contributed by atoms with Gasteiger partial charge in [-0.1, -0.05) is 60.2 Å². The zero-order chi connectivity index (χ0) is 16.2. The molecule has 23 heavy (non-hydrogen) atoms. The molecule has 1 saturated heterocycles. The lowest BCUT2D eigenvalue weighted by Crippen LogP contribution is -2.41. The fourth-order valence-electron chi connectivity index (χ4n) is 3.11. The fraction of sp³-hybridized carbons (Fsp3) is 0.300. The largest absolute Gasteiger partial charge is 0.336 e. The van der Waals surface area contributed by atoms with Crippen molar-refractivity contribution in [2.75, 3.05) is 13.1 Å². The van der Waals surface area contributed by atoms with E-state index in [0.717, 1.165) is 18.4 Å². The number of carbonyl (C=O) groups excluding carboxylic acids is 2. The van der Waals surface area contributed by atoms with Crippen LogP contribution in [0.15, 0.2) is 54.6 Å². The molecule has 0 unspecified atom stereocenters. The molecule has 0 aliphatic carbocycles. The van der Waals surface area contributed by atoms with E-state index >= 15 is 0 Å². The van der Waals surface area contributed by atoms with Crippen molar-refractivity contribution in [2.45, 2.75) is 25.7 Å². The van der Waals surface area contributed by atoms with Gasteiger partial charge in [-0.25, -0.2) is 0 Å². The molecule has 118 valence electrons.